The first-order valence-corrected chi connectivity index (χ1v) is 5.45. The Morgan fingerprint density at radius 2 is 2.40 bits per heavy atom. The highest BCUT2D eigenvalue weighted by Gasteiger charge is 2.26. The van der Waals surface area contributed by atoms with Crippen molar-refractivity contribution in [2.75, 3.05) is 18.0 Å². The Morgan fingerprint density at radius 3 is 3.00 bits per heavy atom. The van der Waals surface area contributed by atoms with Crippen LogP contribution < -0.4 is 4.90 Å². The van der Waals surface area contributed by atoms with E-state index in [9.17, 15) is 5.11 Å². The van der Waals surface area contributed by atoms with E-state index in [2.05, 4.69) is 14.9 Å². The van der Waals surface area contributed by atoms with Crippen LogP contribution >= 0.6 is 11.6 Å². The summed E-state index contributed by atoms with van der Waals surface area (Å²) in [7, 11) is 0. The van der Waals surface area contributed by atoms with Crippen LogP contribution in [0.5, 0.6) is 0 Å². The lowest BCUT2D eigenvalue weighted by molar-refractivity contribution is 0.136. The summed E-state index contributed by atoms with van der Waals surface area (Å²) in [5.41, 5.74) is 0. The van der Waals surface area contributed by atoms with Gasteiger partial charge < -0.3 is 10.0 Å². The zero-order valence-electron chi connectivity index (χ0n) is 8.60. The van der Waals surface area contributed by atoms with Crippen LogP contribution in [0.3, 0.4) is 0 Å². The summed E-state index contributed by atoms with van der Waals surface area (Å²) in [6.07, 6.45) is 3.96. The number of nitrogens with zero attached hydrogens (tertiary/aromatic N) is 3. The number of aliphatic hydroxyl groups excluding tert-OH is 1. The van der Waals surface area contributed by atoms with Crippen molar-refractivity contribution in [1.29, 1.82) is 0 Å². The second-order valence-electron chi connectivity index (χ2n) is 3.94. The third-order valence-electron chi connectivity index (χ3n) is 2.82. The standard InChI is InChI=1S/C10H14ClN3O/c1-7(15)8-2-3-14(6-8)10-5-12-4-9(11)13-10/h4-5,7-8,15H,2-3,6H2,1H3. The molecule has 2 heterocycles. The molecule has 0 spiro atoms. The maximum atomic E-state index is 9.48. The fourth-order valence-electron chi connectivity index (χ4n) is 1.87. The van der Waals surface area contributed by atoms with Crippen molar-refractivity contribution in [2.24, 2.45) is 5.92 Å². The van der Waals surface area contributed by atoms with E-state index in [1.165, 1.54) is 6.20 Å². The number of aromatic nitrogens is 2. The summed E-state index contributed by atoms with van der Waals surface area (Å²) < 4.78 is 0. The van der Waals surface area contributed by atoms with Crippen molar-refractivity contribution in [2.45, 2.75) is 19.4 Å². The summed E-state index contributed by atoms with van der Waals surface area (Å²) in [6, 6.07) is 0. The number of halogens is 1. The van der Waals surface area contributed by atoms with E-state index >= 15 is 0 Å². The Bertz CT molecular complexity index is 345. The second kappa shape index (κ2) is 4.33. The van der Waals surface area contributed by atoms with Crippen molar-refractivity contribution in [3.63, 3.8) is 0 Å². The molecule has 0 aliphatic carbocycles. The van der Waals surface area contributed by atoms with Gasteiger partial charge >= 0.3 is 0 Å². The SMILES string of the molecule is CC(O)C1CCN(c2cncc(Cl)n2)C1. The van der Waals surface area contributed by atoms with Gasteiger partial charge in [-0.1, -0.05) is 11.6 Å². The molecular formula is C10H14ClN3O. The maximum Gasteiger partial charge on any atom is 0.149 e. The smallest absolute Gasteiger partial charge is 0.149 e. The Labute approximate surface area is 93.9 Å². The number of anilines is 1. The number of hydrogen-bond acceptors (Lipinski definition) is 4. The number of rotatable bonds is 2. The fraction of sp³-hybridized carbons (Fsp3) is 0.600. The Hall–Kier alpha value is -0.870. The predicted molar refractivity (Wildman–Crippen MR) is 59.0 cm³/mol. The molecule has 1 aromatic rings. The second-order valence-corrected chi connectivity index (χ2v) is 4.32. The molecule has 82 valence electrons. The molecule has 15 heavy (non-hydrogen) atoms. The van der Waals surface area contributed by atoms with Gasteiger partial charge in [-0.15, -0.1) is 0 Å². The minimum atomic E-state index is -0.262. The molecule has 0 saturated carbocycles. The van der Waals surface area contributed by atoms with Gasteiger partial charge in [-0.25, -0.2) is 4.98 Å². The molecule has 4 nitrogen and oxygen atoms in total. The van der Waals surface area contributed by atoms with Crippen molar-refractivity contribution in [3.05, 3.63) is 17.5 Å². The van der Waals surface area contributed by atoms with Crippen LogP contribution in [-0.4, -0.2) is 34.3 Å². The van der Waals surface area contributed by atoms with Gasteiger partial charge in [0.25, 0.3) is 0 Å². The zero-order valence-corrected chi connectivity index (χ0v) is 9.35. The van der Waals surface area contributed by atoms with Crippen LogP contribution in [0.4, 0.5) is 5.82 Å². The predicted octanol–water partition coefficient (Wildman–Crippen LogP) is 1.34. The van der Waals surface area contributed by atoms with Gasteiger partial charge in [0, 0.05) is 19.0 Å². The molecular weight excluding hydrogens is 214 g/mol. The molecule has 2 rings (SSSR count). The first kappa shape index (κ1) is 10.6. The first-order valence-electron chi connectivity index (χ1n) is 5.07. The average Bonchev–Trinajstić information content (AvgIpc) is 2.66. The van der Waals surface area contributed by atoms with Crippen LogP contribution in [0, 0.1) is 5.92 Å². The fourth-order valence-corrected chi connectivity index (χ4v) is 2.02. The lowest BCUT2D eigenvalue weighted by Gasteiger charge is -2.18. The van der Waals surface area contributed by atoms with Crippen molar-refractivity contribution in [1.82, 2.24) is 9.97 Å². The molecule has 5 heteroatoms. The molecule has 0 bridgehead atoms. The highest BCUT2D eigenvalue weighted by Crippen LogP contribution is 2.24. The van der Waals surface area contributed by atoms with Gasteiger partial charge in [0.15, 0.2) is 0 Å². The first-order chi connectivity index (χ1) is 7.16. The maximum absolute atomic E-state index is 9.48. The van der Waals surface area contributed by atoms with Crippen molar-refractivity contribution >= 4 is 17.4 Å². The van der Waals surface area contributed by atoms with Gasteiger partial charge in [-0.05, 0) is 13.3 Å². The molecule has 1 fully saturated rings. The minimum Gasteiger partial charge on any atom is -0.393 e. The van der Waals surface area contributed by atoms with Gasteiger partial charge in [0.1, 0.15) is 11.0 Å². The van der Waals surface area contributed by atoms with Crippen LogP contribution in [0.25, 0.3) is 0 Å². The average molecular weight is 228 g/mol. The number of aliphatic hydroxyl groups is 1. The molecule has 0 radical (unpaired) electrons. The minimum absolute atomic E-state index is 0.262. The van der Waals surface area contributed by atoms with E-state index in [1.54, 1.807) is 6.20 Å². The van der Waals surface area contributed by atoms with Gasteiger partial charge in [-0.2, -0.15) is 0 Å². The van der Waals surface area contributed by atoms with E-state index < -0.39 is 0 Å². The molecule has 2 unspecified atom stereocenters. The molecule has 0 amide bonds. The molecule has 0 aromatic carbocycles. The quantitative estimate of drug-likeness (QED) is 0.829. The van der Waals surface area contributed by atoms with Crippen LogP contribution in [0.15, 0.2) is 12.4 Å². The lowest BCUT2D eigenvalue weighted by atomic mass is 10.0. The van der Waals surface area contributed by atoms with E-state index in [-0.39, 0.29) is 6.10 Å². The van der Waals surface area contributed by atoms with Crippen molar-refractivity contribution < 1.29 is 5.11 Å². The summed E-state index contributed by atoms with van der Waals surface area (Å²) in [5, 5.41) is 9.89. The highest BCUT2D eigenvalue weighted by molar-refractivity contribution is 6.29. The summed E-state index contributed by atoms with van der Waals surface area (Å²) in [5.74, 6) is 1.12. The third kappa shape index (κ3) is 2.38. The molecule has 2 atom stereocenters. The van der Waals surface area contributed by atoms with E-state index in [0.717, 1.165) is 25.3 Å². The zero-order chi connectivity index (χ0) is 10.8. The largest absolute Gasteiger partial charge is 0.393 e. The molecule has 1 aliphatic heterocycles. The molecule has 1 N–H and O–H groups in total. The highest BCUT2D eigenvalue weighted by atomic mass is 35.5. The molecule has 1 aromatic heterocycles. The third-order valence-corrected chi connectivity index (χ3v) is 3.01. The molecule has 1 saturated heterocycles. The Kier molecular flexibility index (Phi) is 3.07. The molecule has 1 aliphatic rings. The Balaban J connectivity index is 2.08. The topological polar surface area (TPSA) is 49.2 Å². The van der Waals surface area contributed by atoms with Gasteiger partial charge in [0.2, 0.25) is 0 Å². The summed E-state index contributed by atoms with van der Waals surface area (Å²) in [6.45, 7) is 3.56. The van der Waals surface area contributed by atoms with E-state index in [4.69, 9.17) is 11.6 Å². The Morgan fingerprint density at radius 1 is 1.60 bits per heavy atom. The van der Waals surface area contributed by atoms with Crippen LogP contribution in [0.2, 0.25) is 5.15 Å². The van der Waals surface area contributed by atoms with Gasteiger partial charge in [-0.3, -0.25) is 4.98 Å². The summed E-state index contributed by atoms with van der Waals surface area (Å²) >= 11 is 5.77. The van der Waals surface area contributed by atoms with Crippen molar-refractivity contribution in [3.8, 4) is 0 Å². The normalized spacial score (nSPS) is 23.1. The lowest BCUT2D eigenvalue weighted by Crippen LogP contribution is -2.24. The van der Waals surface area contributed by atoms with Crippen LogP contribution in [-0.2, 0) is 0 Å². The van der Waals surface area contributed by atoms with E-state index in [0.29, 0.717) is 11.1 Å². The van der Waals surface area contributed by atoms with Gasteiger partial charge in [0.05, 0.1) is 18.5 Å². The monoisotopic (exact) mass is 227 g/mol. The summed E-state index contributed by atoms with van der Waals surface area (Å²) in [4.78, 5) is 10.3. The van der Waals surface area contributed by atoms with Crippen LogP contribution in [0.1, 0.15) is 13.3 Å². The van der Waals surface area contributed by atoms with E-state index in [1.807, 2.05) is 6.92 Å². The number of hydrogen-bond donors (Lipinski definition) is 1.